The summed E-state index contributed by atoms with van der Waals surface area (Å²) in [4.78, 5) is 0. The van der Waals surface area contributed by atoms with Crippen molar-refractivity contribution < 1.29 is 4.74 Å². The molecule has 0 N–H and O–H groups in total. The highest BCUT2D eigenvalue weighted by atomic mass is 16.5. The Morgan fingerprint density at radius 1 is 1.14 bits per heavy atom. The van der Waals surface area contributed by atoms with Gasteiger partial charge in [-0.25, -0.2) is 0 Å². The standard InChI is InChI=1S/C13H16O/c1-8-9(2)11(4)13-12(10(8)3)6-5-7-14-13/h5-7,9H,1-4H3. The van der Waals surface area contributed by atoms with Gasteiger partial charge in [0.2, 0.25) is 0 Å². The van der Waals surface area contributed by atoms with Crippen LogP contribution in [0.1, 0.15) is 27.7 Å². The van der Waals surface area contributed by atoms with Crippen LogP contribution in [0.4, 0.5) is 0 Å². The molecule has 0 saturated carbocycles. The Kier molecular flexibility index (Phi) is 2.10. The topological polar surface area (TPSA) is 9.23 Å². The SMILES string of the molecule is CC1=C(C)C(C)C(C)=C2OC=CC=C12. The fraction of sp³-hybridized carbons (Fsp3) is 0.385. The molecule has 0 aromatic rings. The first kappa shape index (κ1) is 9.32. The molecule has 1 unspecified atom stereocenters. The van der Waals surface area contributed by atoms with Gasteiger partial charge in [0.15, 0.2) is 0 Å². The first-order chi connectivity index (χ1) is 6.63. The highest BCUT2D eigenvalue weighted by Gasteiger charge is 2.25. The van der Waals surface area contributed by atoms with Crippen LogP contribution in [-0.2, 0) is 4.74 Å². The molecule has 0 spiro atoms. The van der Waals surface area contributed by atoms with E-state index in [9.17, 15) is 0 Å². The number of ether oxygens (including phenoxy) is 1. The smallest absolute Gasteiger partial charge is 0.133 e. The molecule has 74 valence electrons. The van der Waals surface area contributed by atoms with Gasteiger partial charge in [-0.3, -0.25) is 0 Å². The quantitative estimate of drug-likeness (QED) is 0.563. The van der Waals surface area contributed by atoms with Crippen LogP contribution in [0.15, 0.2) is 46.5 Å². The zero-order chi connectivity index (χ0) is 10.3. The number of hydrogen-bond acceptors (Lipinski definition) is 1. The van der Waals surface area contributed by atoms with E-state index in [-0.39, 0.29) is 0 Å². The third-order valence-electron chi connectivity index (χ3n) is 3.42. The highest BCUT2D eigenvalue weighted by Crippen LogP contribution is 2.39. The van der Waals surface area contributed by atoms with Gasteiger partial charge in [0.25, 0.3) is 0 Å². The highest BCUT2D eigenvalue weighted by molar-refractivity contribution is 5.55. The first-order valence-corrected chi connectivity index (χ1v) is 5.05. The van der Waals surface area contributed by atoms with Crippen molar-refractivity contribution in [3.8, 4) is 0 Å². The molecular weight excluding hydrogens is 172 g/mol. The minimum absolute atomic E-state index is 0.508. The van der Waals surface area contributed by atoms with Crippen LogP contribution < -0.4 is 0 Å². The summed E-state index contributed by atoms with van der Waals surface area (Å²) < 4.78 is 5.58. The molecule has 14 heavy (non-hydrogen) atoms. The zero-order valence-corrected chi connectivity index (χ0v) is 9.22. The fourth-order valence-electron chi connectivity index (χ4n) is 2.04. The molecule has 0 fully saturated rings. The maximum atomic E-state index is 5.58. The third kappa shape index (κ3) is 1.16. The van der Waals surface area contributed by atoms with E-state index in [1.807, 2.05) is 6.08 Å². The Hall–Kier alpha value is -1.24. The summed E-state index contributed by atoms with van der Waals surface area (Å²) in [6, 6.07) is 0. The zero-order valence-electron chi connectivity index (χ0n) is 9.22. The predicted molar refractivity (Wildman–Crippen MR) is 58.5 cm³/mol. The van der Waals surface area contributed by atoms with Crippen LogP contribution in [0.5, 0.6) is 0 Å². The molecule has 0 radical (unpaired) electrons. The van der Waals surface area contributed by atoms with E-state index in [2.05, 4.69) is 33.8 Å². The van der Waals surface area contributed by atoms with Gasteiger partial charge < -0.3 is 4.74 Å². The number of rotatable bonds is 0. The summed E-state index contributed by atoms with van der Waals surface area (Å²) in [5, 5.41) is 0. The Labute approximate surface area is 85.5 Å². The van der Waals surface area contributed by atoms with E-state index in [1.54, 1.807) is 6.26 Å². The minimum Gasteiger partial charge on any atom is -0.464 e. The summed E-state index contributed by atoms with van der Waals surface area (Å²) in [6.45, 7) is 8.77. The van der Waals surface area contributed by atoms with Gasteiger partial charge in [-0.1, -0.05) is 12.5 Å². The van der Waals surface area contributed by atoms with E-state index in [0.29, 0.717) is 5.92 Å². The molecule has 0 aromatic carbocycles. The van der Waals surface area contributed by atoms with Gasteiger partial charge in [-0.15, -0.1) is 0 Å². The van der Waals surface area contributed by atoms with Gasteiger partial charge >= 0.3 is 0 Å². The largest absolute Gasteiger partial charge is 0.464 e. The molecular formula is C13H16O. The van der Waals surface area contributed by atoms with E-state index in [4.69, 9.17) is 4.74 Å². The number of fused-ring (bicyclic) bond motifs is 1. The third-order valence-corrected chi connectivity index (χ3v) is 3.42. The van der Waals surface area contributed by atoms with Crippen molar-refractivity contribution >= 4 is 0 Å². The lowest BCUT2D eigenvalue weighted by atomic mass is 9.81. The van der Waals surface area contributed by atoms with Gasteiger partial charge in [0.05, 0.1) is 6.26 Å². The Bertz CT molecular complexity index is 391. The molecule has 2 aliphatic rings. The fourth-order valence-corrected chi connectivity index (χ4v) is 2.04. The summed E-state index contributed by atoms with van der Waals surface area (Å²) >= 11 is 0. The van der Waals surface area contributed by atoms with Crippen LogP contribution in [0.3, 0.4) is 0 Å². The molecule has 1 heterocycles. The van der Waals surface area contributed by atoms with E-state index in [0.717, 1.165) is 5.76 Å². The monoisotopic (exact) mass is 188 g/mol. The predicted octanol–water partition coefficient (Wildman–Crippen LogP) is 3.72. The second kappa shape index (κ2) is 3.16. The molecule has 0 amide bonds. The Morgan fingerprint density at radius 3 is 2.57 bits per heavy atom. The molecule has 1 aliphatic carbocycles. The number of hydrogen-bond donors (Lipinski definition) is 0. The van der Waals surface area contributed by atoms with Crippen molar-refractivity contribution in [1.82, 2.24) is 0 Å². The van der Waals surface area contributed by atoms with Crippen molar-refractivity contribution in [2.75, 3.05) is 0 Å². The molecule has 0 aromatic heterocycles. The Morgan fingerprint density at radius 2 is 1.86 bits per heavy atom. The average molecular weight is 188 g/mol. The lowest BCUT2D eigenvalue weighted by Crippen LogP contribution is -2.14. The summed E-state index contributed by atoms with van der Waals surface area (Å²) in [5.41, 5.74) is 5.41. The Balaban J connectivity index is 2.59. The molecule has 0 bridgehead atoms. The molecule has 1 heteroatoms. The molecule has 1 aliphatic heterocycles. The van der Waals surface area contributed by atoms with E-state index < -0.39 is 0 Å². The molecule has 1 nitrogen and oxygen atoms in total. The maximum Gasteiger partial charge on any atom is 0.133 e. The average Bonchev–Trinajstić information content (AvgIpc) is 2.23. The lowest BCUT2D eigenvalue weighted by molar-refractivity contribution is 0.344. The molecule has 2 rings (SSSR count). The van der Waals surface area contributed by atoms with Crippen molar-refractivity contribution in [2.45, 2.75) is 27.7 Å². The van der Waals surface area contributed by atoms with Gasteiger partial charge in [0, 0.05) is 11.5 Å². The van der Waals surface area contributed by atoms with Gasteiger partial charge in [-0.05, 0) is 44.1 Å². The van der Waals surface area contributed by atoms with Crippen LogP contribution in [0, 0.1) is 5.92 Å². The normalized spacial score (nSPS) is 26.0. The van der Waals surface area contributed by atoms with Crippen LogP contribution in [0.25, 0.3) is 0 Å². The first-order valence-electron chi connectivity index (χ1n) is 5.05. The van der Waals surface area contributed by atoms with Crippen molar-refractivity contribution in [2.24, 2.45) is 5.92 Å². The van der Waals surface area contributed by atoms with Crippen molar-refractivity contribution in [3.63, 3.8) is 0 Å². The summed E-state index contributed by atoms with van der Waals surface area (Å²) in [7, 11) is 0. The second-order valence-electron chi connectivity index (χ2n) is 4.07. The second-order valence-corrected chi connectivity index (χ2v) is 4.07. The van der Waals surface area contributed by atoms with Crippen molar-refractivity contribution in [3.05, 3.63) is 46.5 Å². The maximum absolute atomic E-state index is 5.58. The molecule has 1 atom stereocenters. The summed E-state index contributed by atoms with van der Waals surface area (Å²) in [5.74, 6) is 1.57. The lowest BCUT2D eigenvalue weighted by Gasteiger charge is -2.29. The van der Waals surface area contributed by atoms with E-state index >= 15 is 0 Å². The molecule has 0 saturated heterocycles. The van der Waals surface area contributed by atoms with Gasteiger partial charge in [-0.2, -0.15) is 0 Å². The van der Waals surface area contributed by atoms with E-state index in [1.165, 1.54) is 22.3 Å². The van der Waals surface area contributed by atoms with Crippen LogP contribution >= 0.6 is 0 Å². The van der Waals surface area contributed by atoms with Crippen molar-refractivity contribution in [1.29, 1.82) is 0 Å². The van der Waals surface area contributed by atoms with Crippen LogP contribution in [-0.4, -0.2) is 0 Å². The number of allylic oxidation sites excluding steroid dienone is 5. The summed E-state index contributed by atoms with van der Waals surface area (Å²) in [6.07, 6.45) is 5.84. The van der Waals surface area contributed by atoms with Gasteiger partial charge in [0.1, 0.15) is 5.76 Å². The minimum atomic E-state index is 0.508. The van der Waals surface area contributed by atoms with Crippen LogP contribution in [0.2, 0.25) is 0 Å².